The third-order valence-corrected chi connectivity index (χ3v) is 4.71. The molecule has 0 bridgehead atoms. The van der Waals surface area contributed by atoms with Crippen LogP contribution < -0.4 is 14.8 Å². The quantitative estimate of drug-likeness (QED) is 0.508. The second-order valence-corrected chi connectivity index (χ2v) is 7.00. The highest BCUT2D eigenvalue weighted by Gasteiger charge is 2.17. The largest absolute Gasteiger partial charge is 0.497 e. The number of rotatable bonds is 5. The molecule has 1 N–H and O–H groups in total. The summed E-state index contributed by atoms with van der Waals surface area (Å²) in [6, 6.07) is 12.9. The van der Waals surface area contributed by atoms with Gasteiger partial charge in [0.25, 0.3) is 0 Å². The van der Waals surface area contributed by atoms with Gasteiger partial charge in [0.05, 0.1) is 36.6 Å². The number of anilines is 2. The van der Waals surface area contributed by atoms with Crippen LogP contribution in [0.2, 0.25) is 5.02 Å². The lowest BCUT2D eigenvalue weighted by Crippen LogP contribution is -2.09. The fraction of sp³-hybridized carbons (Fsp3) is 0.190. The van der Waals surface area contributed by atoms with Crippen LogP contribution in [0, 0.1) is 13.8 Å². The van der Waals surface area contributed by atoms with Gasteiger partial charge in [-0.25, -0.2) is 14.6 Å². The predicted octanol–water partition coefficient (Wildman–Crippen LogP) is 4.85. The number of nitrogens with zero attached hydrogens (tertiary/aromatic N) is 4. The molecule has 0 spiro atoms. The van der Waals surface area contributed by atoms with Gasteiger partial charge in [0.1, 0.15) is 11.5 Å². The van der Waals surface area contributed by atoms with Crippen LogP contribution in [-0.4, -0.2) is 34.0 Å². The Morgan fingerprint density at radius 2 is 1.76 bits per heavy atom. The molecule has 0 saturated carbocycles. The SMILES string of the molecule is COc1ccc(OC)c(Nc2nc3ccc(Cl)cc3nc2-n2nc(C)cc2C)c1. The molecule has 2 aromatic carbocycles. The molecule has 0 saturated heterocycles. The van der Waals surface area contributed by atoms with E-state index in [2.05, 4.69) is 10.4 Å². The lowest BCUT2D eigenvalue weighted by atomic mass is 10.2. The molecule has 148 valence electrons. The van der Waals surface area contributed by atoms with Gasteiger partial charge in [-0.2, -0.15) is 5.10 Å². The molecule has 2 heterocycles. The minimum atomic E-state index is 0.539. The highest BCUT2D eigenvalue weighted by atomic mass is 35.5. The molecule has 2 aromatic heterocycles. The van der Waals surface area contributed by atoms with E-state index in [4.69, 9.17) is 31.0 Å². The monoisotopic (exact) mass is 409 g/mol. The van der Waals surface area contributed by atoms with Crippen molar-refractivity contribution in [3.05, 3.63) is 58.9 Å². The fourth-order valence-corrected chi connectivity index (χ4v) is 3.30. The third kappa shape index (κ3) is 3.69. The minimum absolute atomic E-state index is 0.539. The lowest BCUT2D eigenvalue weighted by molar-refractivity contribution is 0.405. The van der Waals surface area contributed by atoms with E-state index >= 15 is 0 Å². The van der Waals surface area contributed by atoms with Crippen molar-refractivity contribution in [2.45, 2.75) is 13.8 Å². The van der Waals surface area contributed by atoms with Crippen molar-refractivity contribution in [1.29, 1.82) is 0 Å². The zero-order chi connectivity index (χ0) is 20.5. The maximum atomic E-state index is 6.16. The maximum absolute atomic E-state index is 6.16. The van der Waals surface area contributed by atoms with E-state index in [0.717, 1.165) is 11.4 Å². The van der Waals surface area contributed by atoms with E-state index in [-0.39, 0.29) is 0 Å². The Balaban J connectivity index is 1.92. The Labute approximate surface area is 173 Å². The van der Waals surface area contributed by atoms with Crippen LogP contribution in [-0.2, 0) is 0 Å². The topological polar surface area (TPSA) is 74.1 Å². The van der Waals surface area contributed by atoms with Gasteiger partial charge in [0, 0.05) is 16.8 Å². The standard InChI is InChI=1S/C21H20ClN5O2/c1-12-9-13(2)27(26-12)21-20(23-16-7-5-14(22)10-17(16)25-21)24-18-11-15(28-3)6-8-19(18)29-4/h5-11H,1-4H3,(H,23,24). The number of halogens is 1. The normalized spacial score (nSPS) is 10.9. The van der Waals surface area contributed by atoms with E-state index in [1.165, 1.54) is 0 Å². The van der Waals surface area contributed by atoms with Crippen molar-refractivity contribution >= 4 is 34.1 Å². The van der Waals surface area contributed by atoms with Crippen LogP contribution in [0.5, 0.6) is 11.5 Å². The summed E-state index contributed by atoms with van der Waals surface area (Å²) in [5, 5.41) is 8.51. The zero-order valence-electron chi connectivity index (χ0n) is 16.5. The summed E-state index contributed by atoms with van der Waals surface area (Å²) in [6.07, 6.45) is 0. The Hall–Kier alpha value is -3.32. The van der Waals surface area contributed by atoms with E-state index in [1.807, 2.05) is 44.2 Å². The van der Waals surface area contributed by atoms with Gasteiger partial charge in [0.15, 0.2) is 11.6 Å². The van der Waals surface area contributed by atoms with Gasteiger partial charge in [-0.15, -0.1) is 0 Å². The molecule has 4 rings (SSSR count). The Kier molecular flexibility index (Phi) is 4.98. The molecule has 0 amide bonds. The van der Waals surface area contributed by atoms with E-state index in [9.17, 15) is 0 Å². The fourth-order valence-electron chi connectivity index (χ4n) is 3.13. The van der Waals surface area contributed by atoms with Gasteiger partial charge in [-0.05, 0) is 50.2 Å². The number of ether oxygens (including phenoxy) is 2. The summed E-state index contributed by atoms with van der Waals surface area (Å²) in [6.45, 7) is 3.91. The molecule has 29 heavy (non-hydrogen) atoms. The molecule has 0 atom stereocenters. The highest BCUT2D eigenvalue weighted by molar-refractivity contribution is 6.31. The number of methoxy groups -OCH3 is 2. The predicted molar refractivity (Wildman–Crippen MR) is 114 cm³/mol. The first-order chi connectivity index (χ1) is 14.0. The molecule has 0 aliphatic rings. The molecular formula is C21H20ClN5O2. The number of benzene rings is 2. The first-order valence-electron chi connectivity index (χ1n) is 8.98. The zero-order valence-corrected chi connectivity index (χ0v) is 17.3. The Morgan fingerprint density at radius 1 is 0.931 bits per heavy atom. The first kappa shape index (κ1) is 19.0. The van der Waals surface area contributed by atoms with Crippen LogP contribution in [0.15, 0.2) is 42.5 Å². The van der Waals surface area contributed by atoms with Crippen LogP contribution in [0.1, 0.15) is 11.4 Å². The number of nitrogens with one attached hydrogen (secondary N) is 1. The molecular weight excluding hydrogens is 390 g/mol. The van der Waals surface area contributed by atoms with Crippen LogP contribution in [0.4, 0.5) is 11.5 Å². The molecule has 0 aliphatic carbocycles. The number of aromatic nitrogens is 4. The summed E-state index contributed by atoms with van der Waals surface area (Å²) in [5.41, 5.74) is 3.93. The summed E-state index contributed by atoms with van der Waals surface area (Å²) in [5.74, 6) is 2.46. The molecule has 0 aliphatic heterocycles. The van der Waals surface area contributed by atoms with Crippen molar-refractivity contribution in [1.82, 2.24) is 19.7 Å². The smallest absolute Gasteiger partial charge is 0.197 e. The summed E-state index contributed by atoms with van der Waals surface area (Å²) in [7, 11) is 3.23. The number of fused-ring (bicyclic) bond motifs is 1. The Bertz CT molecular complexity index is 1210. The average molecular weight is 410 g/mol. The van der Waals surface area contributed by atoms with Crippen molar-refractivity contribution in [3.63, 3.8) is 0 Å². The van der Waals surface area contributed by atoms with E-state index in [0.29, 0.717) is 44.9 Å². The van der Waals surface area contributed by atoms with Gasteiger partial charge >= 0.3 is 0 Å². The average Bonchev–Trinajstić information content (AvgIpc) is 3.05. The second kappa shape index (κ2) is 7.60. The van der Waals surface area contributed by atoms with E-state index in [1.54, 1.807) is 31.0 Å². The number of aryl methyl sites for hydroxylation is 2. The van der Waals surface area contributed by atoms with Gasteiger partial charge in [0.2, 0.25) is 0 Å². The van der Waals surface area contributed by atoms with Crippen molar-refractivity contribution in [2.24, 2.45) is 0 Å². The van der Waals surface area contributed by atoms with Crippen molar-refractivity contribution < 1.29 is 9.47 Å². The lowest BCUT2D eigenvalue weighted by Gasteiger charge is -2.15. The molecule has 7 nitrogen and oxygen atoms in total. The molecule has 4 aromatic rings. The summed E-state index contributed by atoms with van der Waals surface area (Å²) >= 11 is 6.16. The van der Waals surface area contributed by atoms with Crippen LogP contribution >= 0.6 is 11.6 Å². The van der Waals surface area contributed by atoms with E-state index < -0.39 is 0 Å². The minimum Gasteiger partial charge on any atom is -0.497 e. The highest BCUT2D eigenvalue weighted by Crippen LogP contribution is 2.33. The molecule has 0 radical (unpaired) electrons. The van der Waals surface area contributed by atoms with Gasteiger partial charge < -0.3 is 14.8 Å². The number of hydrogen-bond donors (Lipinski definition) is 1. The second-order valence-electron chi connectivity index (χ2n) is 6.56. The summed E-state index contributed by atoms with van der Waals surface area (Å²) < 4.78 is 12.6. The molecule has 0 fully saturated rings. The van der Waals surface area contributed by atoms with Gasteiger partial charge in [-0.1, -0.05) is 11.6 Å². The van der Waals surface area contributed by atoms with Gasteiger partial charge in [-0.3, -0.25) is 0 Å². The molecule has 8 heteroatoms. The molecule has 0 unspecified atom stereocenters. The van der Waals surface area contributed by atoms with Crippen molar-refractivity contribution in [2.75, 3.05) is 19.5 Å². The number of hydrogen-bond acceptors (Lipinski definition) is 6. The first-order valence-corrected chi connectivity index (χ1v) is 9.36. The maximum Gasteiger partial charge on any atom is 0.197 e. The van der Waals surface area contributed by atoms with Crippen LogP contribution in [0.3, 0.4) is 0 Å². The van der Waals surface area contributed by atoms with Crippen LogP contribution in [0.25, 0.3) is 16.9 Å². The Morgan fingerprint density at radius 3 is 2.45 bits per heavy atom. The van der Waals surface area contributed by atoms with Crippen molar-refractivity contribution in [3.8, 4) is 17.3 Å². The summed E-state index contributed by atoms with van der Waals surface area (Å²) in [4.78, 5) is 9.57. The third-order valence-electron chi connectivity index (χ3n) is 4.48.